The Hall–Kier alpha value is -0.120. The van der Waals surface area contributed by atoms with Gasteiger partial charge in [0.25, 0.3) is 0 Å². The lowest BCUT2D eigenvalue weighted by molar-refractivity contribution is 0.139. The molecule has 0 amide bonds. The summed E-state index contributed by atoms with van der Waals surface area (Å²) in [5.41, 5.74) is 0. The van der Waals surface area contributed by atoms with E-state index < -0.39 is 0 Å². The van der Waals surface area contributed by atoms with Crippen LogP contribution in [0.4, 0.5) is 0 Å². The van der Waals surface area contributed by atoms with Crippen LogP contribution in [-0.2, 0) is 0 Å². The summed E-state index contributed by atoms with van der Waals surface area (Å²) in [6, 6.07) is 1.50. The maximum atomic E-state index is 9.23. The fourth-order valence-electron chi connectivity index (χ4n) is 2.09. The number of nitrogens with zero attached hydrogens (tertiary/aromatic N) is 1. The molecule has 1 saturated carbocycles. The number of likely N-dealkylation sites (tertiary alicyclic amines) is 1. The lowest BCUT2D eigenvalue weighted by Gasteiger charge is -2.17. The summed E-state index contributed by atoms with van der Waals surface area (Å²) in [6.07, 6.45) is 3.81. The standard InChI is InChI=1S/C10H20N2O/c1-8(13)6-12-5-4-10(7-12)11-9-2-3-9/h8-11,13H,2-7H2,1H3. The zero-order valence-corrected chi connectivity index (χ0v) is 8.37. The molecule has 3 nitrogen and oxygen atoms in total. The summed E-state index contributed by atoms with van der Waals surface area (Å²) in [7, 11) is 0. The SMILES string of the molecule is CC(O)CN1CCC(NC2CC2)C1. The molecular weight excluding hydrogens is 164 g/mol. The number of aliphatic hydroxyl groups excluding tert-OH is 1. The normalized spacial score (nSPS) is 32.3. The maximum Gasteiger partial charge on any atom is 0.0639 e. The highest BCUT2D eigenvalue weighted by Crippen LogP contribution is 2.21. The molecular formula is C10H20N2O. The Morgan fingerprint density at radius 1 is 1.38 bits per heavy atom. The number of rotatable bonds is 4. The molecule has 1 heterocycles. The van der Waals surface area contributed by atoms with E-state index in [0.29, 0.717) is 6.04 Å². The van der Waals surface area contributed by atoms with Crippen LogP contribution in [0.2, 0.25) is 0 Å². The molecule has 0 aromatic rings. The minimum Gasteiger partial charge on any atom is -0.392 e. The average molecular weight is 184 g/mol. The number of hydrogen-bond donors (Lipinski definition) is 2. The Labute approximate surface area is 80.1 Å². The van der Waals surface area contributed by atoms with E-state index in [1.165, 1.54) is 19.3 Å². The number of nitrogens with one attached hydrogen (secondary N) is 1. The van der Waals surface area contributed by atoms with Crippen molar-refractivity contribution in [2.75, 3.05) is 19.6 Å². The predicted molar refractivity (Wildman–Crippen MR) is 52.7 cm³/mol. The van der Waals surface area contributed by atoms with E-state index in [4.69, 9.17) is 0 Å². The van der Waals surface area contributed by atoms with Gasteiger partial charge in [-0.15, -0.1) is 0 Å². The van der Waals surface area contributed by atoms with E-state index in [-0.39, 0.29) is 6.10 Å². The van der Waals surface area contributed by atoms with Gasteiger partial charge >= 0.3 is 0 Å². The largest absolute Gasteiger partial charge is 0.392 e. The number of β-amino-alcohol motifs (C(OH)–C–C–N with tert-alkyl or cyclic N) is 1. The van der Waals surface area contributed by atoms with Gasteiger partial charge in [-0.1, -0.05) is 0 Å². The van der Waals surface area contributed by atoms with Gasteiger partial charge in [0.2, 0.25) is 0 Å². The molecule has 2 N–H and O–H groups in total. The van der Waals surface area contributed by atoms with Gasteiger partial charge in [0.15, 0.2) is 0 Å². The Morgan fingerprint density at radius 2 is 2.15 bits per heavy atom. The van der Waals surface area contributed by atoms with Crippen molar-refractivity contribution in [1.82, 2.24) is 10.2 Å². The smallest absolute Gasteiger partial charge is 0.0639 e. The summed E-state index contributed by atoms with van der Waals surface area (Å²) in [5.74, 6) is 0. The fourth-order valence-corrected chi connectivity index (χ4v) is 2.09. The molecule has 2 fully saturated rings. The molecule has 3 heteroatoms. The van der Waals surface area contributed by atoms with Crippen LogP contribution in [-0.4, -0.2) is 47.8 Å². The van der Waals surface area contributed by atoms with Crippen LogP contribution >= 0.6 is 0 Å². The molecule has 76 valence electrons. The van der Waals surface area contributed by atoms with Crippen molar-refractivity contribution in [3.05, 3.63) is 0 Å². The van der Waals surface area contributed by atoms with E-state index in [0.717, 1.165) is 25.7 Å². The quantitative estimate of drug-likeness (QED) is 0.655. The molecule has 13 heavy (non-hydrogen) atoms. The van der Waals surface area contributed by atoms with Gasteiger partial charge in [-0.05, 0) is 32.7 Å². The van der Waals surface area contributed by atoms with Gasteiger partial charge < -0.3 is 10.4 Å². The first kappa shape index (κ1) is 9.44. The van der Waals surface area contributed by atoms with Crippen molar-refractivity contribution in [1.29, 1.82) is 0 Å². The van der Waals surface area contributed by atoms with E-state index in [9.17, 15) is 5.11 Å². The Balaban J connectivity index is 1.67. The average Bonchev–Trinajstić information content (AvgIpc) is 2.73. The van der Waals surface area contributed by atoms with E-state index in [2.05, 4.69) is 10.2 Å². The molecule has 0 radical (unpaired) electrons. The molecule has 2 rings (SSSR count). The first-order valence-electron chi connectivity index (χ1n) is 5.40. The third-order valence-electron chi connectivity index (χ3n) is 2.84. The van der Waals surface area contributed by atoms with Crippen LogP contribution in [0.1, 0.15) is 26.2 Å². The Kier molecular flexibility index (Phi) is 2.86. The van der Waals surface area contributed by atoms with Crippen molar-refractivity contribution in [2.45, 2.75) is 44.4 Å². The van der Waals surface area contributed by atoms with Crippen molar-refractivity contribution in [3.63, 3.8) is 0 Å². The van der Waals surface area contributed by atoms with Gasteiger partial charge in [-0.3, -0.25) is 4.90 Å². The first-order chi connectivity index (χ1) is 6.24. The molecule has 0 bridgehead atoms. The van der Waals surface area contributed by atoms with E-state index in [1.54, 1.807) is 0 Å². The summed E-state index contributed by atoms with van der Waals surface area (Å²) < 4.78 is 0. The van der Waals surface area contributed by atoms with Gasteiger partial charge in [0.1, 0.15) is 0 Å². The summed E-state index contributed by atoms with van der Waals surface area (Å²) >= 11 is 0. The second kappa shape index (κ2) is 3.95. The zero-order valence-electron chi connectivity index (χ0n) is 8.37. The first-order valence-corrected chi connectivity index (χ1v) is 5.40. The highest BCUT2D eigenvalue weighted by molar-refractivity contribution is 4.89. The van der Waals surface area contributed by atoms with Crippen molar-refractivity contribution < 1.29 is 5.11 Å². The van der Waals surface area contributed by atoms with Crippen molar-refractivity contribution in [3.8, 4) is 0 Å². The third-order valence-corrected chi connectivity index (χ3v) is 2.84. The zero-order chi connectivity index (χ0) is 9.26. The van der Waals surface area contributed by atoms with Gasteiger partial charge in [0, 0.05) is 25.2 Å². The van der Waals surface area contributed by atoms with Gasteiger partial charge in [-0.25, -0.2) is 0 Å². The monoisotopic (exact) mass is 184 g/mol. The summed E-state index contributed by atoms with van der Waals surface area (Å²) in [5, 5.41) is 12.9. The van der Waals surface area contributed by atoms with Crippen LogP contribution in [0.25, 0.3) is 0 Å². The van der Waals surface area contributed by atoms with Crippen LogP contribution in [0.15, 0.2) is 0 Å². The topological polar surface area (TPSA) is 35.5 Å². The lowest BCUT2D eigenvalue weighted by Crippen LogP contribution is -2.35. The van der Waals surface area contributed by atoms with E-state index >= 15 is 0 Å². The van der Waals surface area contributed by atoms with Gasteiger partial charge in [0.05, 0.1) is 6.10 Å². The molecule has 2 aliphatic rings. The number of aliphatic hydroxyl groups is 1. The molecule has 0 aromatic heterocycles. The van der Waals surface area contributed by atoms with Crippen LogP contribution < -0.4 is 5.32 Å². The van der Waals surface area contributed by atoms with E-state index in [1.807, 2.05) is 6.92 Å². The Bertz CT molecular complexity index is 158. The summed E-state index contributed by atoms with van der Waals surface area (Å²) in [6.45, 7) is 4.97. The second-order valence-corrected chi connectivity index (χ2v) is 4.54. The Morgan fingerprint density at radius 3 is 2.77 bits per heavy atom. The third kappa shape index (κ3) is 2.93. The molecule has 1 aliphatic carbocycles. The highest BCUT2D eigenvalue weighted by Gasteiger charge is 2.29. The van der Waals surface area contributed by atoms with Crippen LogP contribution in [0.5, 0.6) is 0 Å². The molecule has 0 spiro atoms. The molecule has 1 saturated heterocycles. The molecule has 2 atom stereocenters. The molecule has 2 unspecified atom stereocenters. The van der Waals surface area contributed by atoms with Crippen LogP contribution in [0.3, 0.4) is 0 Å². The highest BCUT2D eigenvalue weighted by atomic mass is 16.3. The maximum absolute atomic E-state index is 9.23. The van der Waals surface area contributed by atoms with Gasteiger partial charge in [-0.2, -0.15) is 0 Å². The minimum absolute atomic E-state index is 0.181. The van der Waals surface area contributed by atoms with Crippen LogP contribution in [0, 0.1) is 0 Å². The van der Waals surface area contributed by atoms with Crippen molar-refractivity contribution in [2.24, 2.45) is 0 Å². The fraction of sp³-hybridized carbons (Fsp3) is 1.00. The minimum atomic E-state index is -0.181. The second-order valence-electron chi connectivity index (χ2n) is 4.54. The summed E-state index contributed by atoms with van der Waals surface area (Å²) in [4.78, 5) is 2.35. The molecule has 1 aliphatic heterocycles. The molecule has 0 aromatic carbocycles. The predicted octanol–water partition coefficient (Wildman–Crippen LogP) is 0.193. The lowest BCUT2D eigenvalue weighted by atomic mass is 10.2. The number of hydrogen-bond acceptors (Lipinski definition) is 3. The van der Waals surface area contributed by atoms with Crippen molar-refractivity contribution >= 4 is 0 Å².